The van der Waals surface area contributed by atoms with Crippen molar-refractivity contribution in [3.05, 3.63) is 66.1 Å². The molecule has 3 aromatic rings. The summed E-state index contributed by atoms with van der Waals surface area (Å²) < 4.78 is 1.97. The van der Waals surface area contributed by atoms with Crippen LogP contribution in [-0.4, -0.2) is 59.2 Å². The number of hydrogen-bond acceptors (Lipinski definition) is 4. The van der Waals surface area contributed by atoms with E-state index in [1.54, 1.807) is 7.05 Å². The predicted molar refractivity (Wildman–Crippen MR) is 124 cm³/mol. The van der Waals surface area contributed by atoms with Crippen molar-refractivity contribution in [1.82, 2.24) is 30.1 Å². The molecule has 7 nitrogen and oxygen atoms in total. The van der Waals surface area contributed by atoms with Gasteiger partial charge in [-0.3, -0.25) is 9.39 Å². The second kappa shape index (κ2) is 11.0. The minimum Gasteiger partial charge on any atom is -0.355 e. The maximum atomic E-state index is 4.32. The number of nitrogens with one attached hydrogen (secondary N) is 2. The fourth-order valence-electron chi connectivity index (χ4n) is 2.93. The molecule has 0 bridgehead atoms. The van der Waals surface area contributed by atoms with Crippen molar-refractivity contribution in [3.8, 4) is 0 Å². The largest absolute Gasteiger partial charge is 0.355 e. The number of nitrogens with zero attached hydrogens (tertiary/aromatic N) is 5. The van der Waals surface area contributed by atoms with Crippen LogP contribution < -0.4 is 10.6 Å². The van der Waals surface area contributed by atoms with E-state index in [-0.39, 0.29) is 24.0 Å². The maximum absolute atomic E-state index is 4.32. The van der Waals surface area contributed by atoms with Crippen LogP contribution in [0.4, 0.5) is 0 Å². The molecular weight excluding hydrogens is 465 g/mol. The highest BCUT2D eigenvalue weighted by atomic mass is 127. The van der Waals surface area contributed by atoms with Gasteiger partial charge in [0.25, 0.3) is 0 Å². The van der Waals surface area contributed by atoms with E-state index in [9.17, 15) is 0 Å². The fraction of sp³-hybridized carbons (Fsp3) is 0.350. The lowest BCUT2D eigenvalue weighted by Crippen LogP contribution is -2.45. The van der Waals surface area contributed by atoms with Crippen molar-refractivity contribution in [2.45, 2.75) is 19.0 Å². The predicted octanol–water partition coefficient (Wildman–Crippen LogP) is 2.19. The lowest BCUT2D eigenvalue weighted by molar-refractivity contribution is 0.290. The first-order valence-corrected chi connectivity index (χ1v) is 9.11. The van der Waals surface area contributed by atoms with Crippen LogP contribution in [0, 0.1) is 0 Å². The fourth-order valence-corrected chi connectivity index (χ4v) is 2.93. The molecule has 3 rings (SSSR count). The van der Waals surface area contributed by atoms with Crippen molar-refractivity contribution >= 4 is 35.6 Å². The molecule has 0 aliphatic rings. The highest BCUT2D eigenvalue weighted by molar-refractivity contribution is 14.0. The number of aliphatic imine (C=N–C) groups is 1. The zero-order valence-electron chi connectivity index (χ0n) is 16.5. The maximum Gasteiger partial charge on any atom is 0.191 e. The number of pyridine rings is 1. The van der Waals surface area contributed by atoms with Gasteiger partial charge >= 0.3 is 0 Å². The van der Waals surface area contributed by atoms with Crippen molar-refractivity contribution < 1.29 is 0 Å². The van der Waals surface area contributed by atoms with Gasteiger partial charge in [0.1, 0.15) is 0 Å². The zero-order valence-corrected chi connectivity index (χ0v) is 18.9. The summed E-state index contributed by atoms with van der Waals surface area (Å²) >= 11 is 0. The monoisotopic (exact) mass is 493 g/mol. The van der Waals surface area contributed by atoms with Gasteiger partial charge in [-0.1, -0.05) is 36.4 Å². The third-order valence-electron chi connectivity index (χ3n) is 4.57. The molecule has 2 aromatic heterocycles. The Morgan fingerprint density at radius 1 is 1.07 bits per heavy atom. The lowest BCUT2D eigenvalue weighted by atomic mass is 10.1. The van der Waals surface area contributed by atoms with Gasteiger partial charge in [-0.25, -0.2) is 0 Å². The second-order valence-corrected chi connectivity index (χ2v) is 6.66. The molecule has 0 saturated heterocycles. The first kappa shape index (κ1) is 22.1. The van der Waals surface area contributed by atoms with Gasteiger partial charge in [0.15, 0.2) is 17.4 Å². The van der Waals surface area contributed by atoms with E-state index in [2.05, 4.69) is 69.1 Å². The molecule has 150 valence electrons. The van der Waals surface area contributed by atoms with Crippen molar-refractivity contribution in [3.63, 3.8) is 0 Å². The number of aromatic nitrogens is 3. The Hall–Kier alpha value is -2.20. The number of hydrogen-bond donors (Lipinski definition) is 2. The van der Waals surface area contributed by atoms with E-state index in [0.717, 1.165) is 30.4 Å². The van der Waals surface area contributed by atoms with Crippen LogP contribution >= 0.6 is 24.0 Å². The number of benzene rings is 1. The Balaban J connectivity index is 0.00000280. The van der Waals surface area contributed by atoms with Crippen LogP contribution in [0.1, 0.15) is 11.4 Å². The molecule has 0 fully saturated rings. The summed E-state index contributed by atoms with van der Waals surface area (Å²) in [5.41, 5.74) is 2.17. The van der Waals surface area contributed by atoms with Gasteiger partial charge in [-0.15, -0.1) is 34.2 Å². The lowest BCUT2D eigenvalue weighted by Gasteiger charge is -2.25. The number of guanidine groups is 1. The first-order valence-electron chi connectivity index (χ1n) is 9.11. The van der Waals surface area contributed by atoms with Crippen LogP contribution in [0.3, 0.4) is 0 Å². The average molecular weight is 493 g/mol. The molecule has 2 heterocycles. The smallest absolute Gasteiger partial charge is 0.191 e. The summed E-state index contributed by atoms with van der Waals surface area (Å²) in [6.45, 7) is 1.35. The summed E-state index contributed by atoms with van der Waals surface area (Å²) in [6.07, 6.45) is 2.94. The second-order valence-electron chi connectivity index (χ2n) is 6.66. The molecule has 1 aromatic carbocycles. The third kappa shape index (κ3) is 5.90. The van der Waals surface area contributed by atoms with E-state index < -0.39 is 0 Å². The van der Waals surface area contributed by atoms with E-state index in [0.29, 0.717) is 12.6 Å². The average Bonchev–Trinajstić information content (AvgIpc) is 3.11. The molecule has 0 aliphatic carbocycles. The van der Waals surface area contributed by atoms with E-state index >= 15 is 0 Å². The minimum absolute atomic E-state index is 0. The molecule has 8 heteroatoms. The highest BCUT2D eigenvalue weighted by Crippen LogP contribution is 2.06. The molecule has 0 amide bonds. The summed E-state index contributed by atoms with van der Waals surface area (Å²) in [4.78, 5) is 6.56. The molecule has 0 spiro atoms. The third-order valence-corrected chi connectivity index (χ3v) is 4.57. The number of fused-ring (bicyclic) bond motifs is 1. The molecular formula is C20H28IN7. The van der Waals surface area contributed by atoms with Gasteiger partial charge in [-0.2, -0.15) is 0 Å². The van der Waals surface area contributed by atoms with E-state index in [1.165, 1.54) is 5.56 Å². The van der Waals surface area contributed by atoms with Gasteiger partial charge in [0, 0.05) is 25.8 Å². The van der Waals surface area contributed by atoms with Crippen LogP contribution in [0.2, 0.25) is 0 Å². The Bertz CT molecular complexity index is 876. The van der Waals surface area contributed by atoms with Gasteiger partial charge < -0.3 is 15.5 Å². The van der Waals surface area contributed by atoms with Crippen molar-refractivity contribution in [1.29, 1.82) is 0 Å². The van der Waals surface area contributed by atoms with Crippen LogP contribution in [0.15, 0.2) is 59.7 Å². The molecule has 0 aliphatic heterocycles. The summed E-state index contributed by atoms with van der Waals surface area (Å²) in [5.74, 6) is 1.60. The Morgan fingerprint density at radius 2 is 1.82 bits per heavy atom. The Kier molecular flexibility index (Phi) is 8.65. The minimum atomic E-state index is 0. The normalized spacial score (nSPS) is 12.6. The molecule has 1 unspecified atom stereocenters. The summed E-state index contributed by atoms with van der Waals surface area (Å²) in [7, 11) is 5.99. The Labute approximate surface area is 183 Å². The quantitative estimate of drug-likeness (QED) is 0.300. The number of likely N-dealkylation sites (N-methyl/N-ethyl adjacent to an activating group) is 1. The molecule has 0 saturated carbocycles. The van der Waals surface area contributed by atoms with Crippen LogP contribution in [0.5, 0.6) is 0 Å². The van der Waals surface area contributed by atoms with Gasteiger partial charge in [0.05, 0.1) is 6.54 Å². The number of halogens is 1. The first-order chi connectivity index (χ1) is 13.2. The topological polar surface area (TPSA) is 69.8 Å². The standard InChI is InChI=1S/C20H27N7.HI/c1-21-20(23-15-19-25-24-18-11-7-8-12-27(18)19)22-14-17(26(2)3)13-16-9-5-4-6-10-16;/h4-12,17H,13-15H2,1-3H3,(H2,21,22,23);1H. The van der Waals surface area contributed by atoms with Crippen LogP contribution in [-0.2, 0) is 13.0 Å². The molecule has 1 atom stereocenters. The van der Waals surface area contributed by atoms with Gasteiger partial charge in [0.2, 0.25) is 0 Å². The summed E-state index contributed by atoms with van der Waals surface area (Å²) in [6, 6.07) is 16.8. The molecule has 0 radical (unpaired) electrons. The Morgan fingerprint density at radius 3 is 2.54 bits per heavy atom. The van der Waals surface area contributed by atoms with Crippen molar-refractivity contribution in [2.24, 2.45) is 4.99 Å². The van der Waals surface area contributed by atoms with Gasteiger partial charge in [-0.05, 0) is 38.2 Å². The highest BCUT2D eigenvalue weighted by Gasteiger charge is 2.13. The molecule has 2 N–H and O–H groups in total. The van der Waals surface area contributed by atoms with E-state index in [4.69, 9.17) is 0 Å². The number of rotatable bonds is 7. The van der Waals surface area contributed by atoms with Crippen LogP contribution in [0.25, 0.3) is 5.65 Å². The van der Waals surface area contributed by atoms with Crippen molar-refractivity contribution in [2.75, 3.05) is 27.7 Å². The molecule has 28 heavy (non-hydrogen) atoms. The van der Waals surface area contributed by atoms with E-state index in [1.807, 2.05) is 34.9 Å². The SMILES string of the molecule is CN=C(NCc1nnc2ccccn12)NCC(Cc1ccccc1)N(C)C.I. The zero-order chi connectivity index (χ0) is 19.1. The summed E-state index contributed by atoms with van der Waals surface area (Å²) in [5, 5.41) is 15.2.